The van der Waals surface area contributed by atoms with E-state index >= 15 is 0 Å². The molecule has 2 N–H and O–H groups in total. The predicted octanol–water partition coefficient (Wildman–Crippen LogP) is 2.12. The van der Waals surface area contributed by atoms with E-state index in [0.29, 0.717) is 16.0 Å². The van der Waals surface area contributed by atoms with E-state index in [4.69, 9.17) is 5.11 Å². The van der Waals surface area contributed by atoms with Gasteiger partial charge in [0.25, 0.3) is 0 Å². The summed E-state index contributed by atoms with van der Waals surface area (Å²) in [7, 11) is 0. The van der Waals surface area contributed by atoms with Crippen LogP contribution < -0.4 is 5.32 Å². The zero-order valence-corrected chi connectivity index (χ0v) is 14.0. The van der Waals surface area contributed by atoms with Gasteiger partial charge in [-0.3, -0.25) is 19.2 Å². The highest BCUT2D eigenvalue weighted by atomic mass is 32.2. The summed E-state index contributed by atoms with van der Waals surface area (Å²) >= 11 is 0.765. The summed E-state index contributed by atoms with van der Waals surface area (Å²) < 4.78 is 13.1. The molecule has 1 atom stereocenters. The number of amides is 1. The number of carbonyl (C=O) groups excluding carboxylic acids is 3. The number of benzene rings is 2. The van der Waals surface area contributed by atoms with Crippen molar-refractivity contribution in [3.8, 4) is 11.1 Å². The number of hydrogen-bond acceptors (Lipinski definition) is 5. The van der Waals surface area contributed by atoms with Gasteiger partial charge in [0.1, 0.15) is 12.4 Å². The fourth-order valence-electron chi connectivity index (χ4n) is 2.55. The lowest BCUT2D eigenvalue weighted by Crippen LogP contribution is -2.42. The third-order valence-corrected chi connectivity index (χ3v) is 4.82. The van der Waals surface area contributed by atoms with Gasteiger partial charge in [0.15, 0.2) is 11.7 Å². The van der Waals surface area contributed by atoms with E-state index in [9.17, 15) is 23.6 Å². The monoisotopic (exact) mass is 373 g/mol. The van der Waals surface area contributed by atoms with Crippen LogP contribution in [0.1, 0.15) is 10.4 Å². The van der Waals surface area contributed by atoms with Crippen molar-refractivity contribution in [2.24, 2.45) is 5.92 Å². The average Bonchev–Trinajstić information content (AvgIpc) is 2.60. The quantitative estimate of drug-likeness (QED) is 0.797. The Kier molecular flexibility index (Phi) is 4.85. The maximum atomic E-state index is 13.1. The number of thioether (sulfide) groups is 1. The number of Topliss-reactive ketones (excluding diaryl/α,β-unsaturated/α-hetero) is 1. The highest BCUT2D eigenvalue weighted by molar-refractivity contribution is 8.14. The molecule has 2 aromatic carbocycles. The van der Waals surface area contributed by atoms with E-state index in [0.717, 1.165) is 11.8 Å². The zero-order valence-electron chi connectivity index (χ0n) is 13.2. The lowest BCUT2D eigenvalue weighted by atomic mass is 9.94. The van der Waals surface area contributed by atoms with E-state index in [1.54, 1.807) is 30.3 Å². The first-order valence-corrected chi connectivity index (χ1v) is 8.34. The first kappa shape index (κ1) is 17.8. The Labute approximate surface area is 151 Å². The molecule has 1 amide bonds. The Hall–Kier alpha value is -3.00. The first-order chi connectivity index (χ1) is 12.4. The molecular formula is C18H12FNO5S. The van der Waals surface area contributed by atoms with Crippen LogP contribution in [0.15, 0.2) is 47.4 Å². The van der Waals surface area contributed by atoms with Crippen molar-refractivity contribution in [2.75, 3.05) is 6.54 Å². The van der Waals surface area contributed by atoms with Crippen molar-refractivity contribution in [2.45, 2.75) is 4.90 Å². The summed E-state index contributed by atoms with van der Waals surface area (Å²) in [5, 5.41) is 10.0. The Bertz CT molecular complexity index is 926. The molecule has 1 heterocycles. The SMILES string of the molecule is O=C(O)CNC(=O)C1C(=O)Sc2ccc(-c3ccc(F)cc3)cc2C1=O. The minimum absolute atomic E-state index is 0.201. The summed E-state index contributed by atoms with van der Waals surface area (Å²) in [6.45, 7) is -0.678. The molecule has 0 saturated heterocycles. The Morgan fingerprint density at radius 2 is 1.73 bits per heavy atom. The molecule has 1 aliphatic heterocycles. The zero-order chi connectivity index (χ0) is 18.8. The fraction of sp³-hybridized carbons (Fsp3) is 0.111. The smallest absolute Gasteiger partial charge is 0.322 e. The number of halogens is 1. The predicted molar refractivity (Wildman–Crippen MR) is 91.2 cm³/mol. The summed E-state index contributed by atoms with van der Waals surface area (Å²) in [4.78, 5) is 47.8. The standard InChI is InChI=1S/C18H12FNO5S/c19-11-4-1-9(2-5-11)10-3-6-13-12(7-10)16(23)15(18(25)26-13)17(24)20-8-14(21)22/h1-7,15H,8H2,(H,20,24)(H,21,22). The molecule has 26 heavy (non-hydrogen) atoms. The van der Waals surface area contributed by atoms with Crippen molar-refractivity contribution >= 4 is 34.5 Å². The van der Waals surface area contributed by atoms with E-state index in [1.807, 2.05) is 0 Å². The molecule has 132 valence electrons. The van der Waals surface area contributed by atoms with Crippen molar-refractivity contribution < 1.29 is 28.7 Å². The largest absolute Gasteiger partial charge is 0.480 e. The van der Waals surface area contributed by atoms with Crippen LogP contribution in [0.25, 0.3) is 11.1 Å². The number of fused-ring (bicyclic) bond motifs is 1. The van der Waals surface area contributed by atoms with Gasteiger partial charge in [0.05, 0.1) is 0 Å². The molecule has 0 radical (unpaired) electrons. The number of ketones is 1. The van der Waals surface area contributed by atoms with Crippen LogP contribution in [-0.2, 0) is 14.4 Å². The molecule has 0 aliphatic carbocycles. The van der Waals surface area contributed by atoms with E-state index < -0.39 is 35.2 Å². The van der Waals surface area contributed by atoms with E-state index in [-0.39, 0.29) is 11.4 Å². The van der Waals surface area contributed by atoms with Crippen LogP contribution in [0.4, 0.5) is 4.39 Å². The second-order valence-electron chi connectivity index (χ2n) is 5.55. The van der Waals surface area contributed by atoms with Gasteiger partial charge in [-0.25, -0.2) is 4.39 Å². The normalized spacial score (nSPS) is 16.1. The number of carboxylic acids is 1. The Morgan fingerprint density at radius 3 is 2.38 bits per heavy atom. The maximum Gasteiger partial charge on any atom is 0.322 e. The molecule has 2 aromatic rings. The summed E-state index contributed by atoms with van der Waals surface area (Å²) in [6, 6.07) is 10.5. The summed E-state index contributed by atoms with van der Waals surface area (Å²) in [5.41, 5.74) is 1.51. The minimum Gasteiger partial charge on any atom is -0.480 e. The third kappa shape index (κ3) is 3.50. The molecular weight excluding hydrogens is 361 g/mol. The van der Waals surface area contributed by atoms with Crippen molar-refractivity contribution in [1.82, 2.24) is 5.32 Å². The van der Waals surface area contributed by atoms with Crippen LogP contribution in [0.2, 0.25) is 0 Å². The van der Waals surface area contributed by atoms with E-state index in [1.165, 1.54) is 12.1 Å². The average molecular weight is 373 g/mol. The molecule has 1 aliphatic rings. The van der Waals surface area contributed by atoms with Gasteiger partial charge in [-0.05, 0) is 47.2 Å². The van der Waals surface area contributed by atoms with Crippen LogP contribution in [0.3, 0.4) is 0 Å². The Balaban J connectivity index is 1.93. The van der Waals surface area contributed by atoms with Crippen molar-refractivity contribution in [3.63, 3.8) is 0 Å². The molecule has 0 saturated carbocycles. The first-order valence-electron chi connectivity index (χ1n) is 7.52. The minimum atomic E-state index is -1.59. The van der Waals surface area contributed by atoms with Crippen LogP contribution >= 0.6 is 11.8 Å². The van der Waals surface area contributed by atoms with Gasteiger partial charge >= 0.3 is 5.97 Å². The number of rotatable bonds is 4. The fourth-order valence-corrected chi connectivity index (χ4v) is 3.51. The van der Waals surface area contributed by atoms with Crippen LogP contribution in [-0.4, -0.2) is 34.4 Å². The van der Waals surface area contributed by atoms with Gasteiger partial charge in [-0.2, -0.15) is 0 Å². The molecule has 0 spiro atoms. The highest BCUT2D eigenvalue weighted by Gasteiger charge is 2.40. The van der Waals surface area contributed by atoms with Crippen molar-refractivity contribution in [3.05, 3.63) is 53.8 Å². The van der Waals surface area contributed by atoms with Gasteiger partial charge in [0, 0.05) is 10.5 Å². The van der Waals surface area contributed by atoms with Gasteiger partial charge < -0.3 is 10.4 Å². The number of nitrogens with one attached hydrogen (secondary N) is 1. The van der Waals surface area contributed by atoms with Crippen LogP contribution in [0, 0.1) is 11.7 Å². The summed E-state index contributed by atoms with van der Waals surface area (Å²) in [6.07, 6.45) is 0. The van der Waals surface area contributed by atoms with Gasteiger partial charge in [-0.15, -0.1) is 0 Å². The molecule has 0 bridgehead atoms. The molecule has 3 rings (SSSR count). The van der Waals surface area contributed by atoms with Crippen molar-refractivity contribution in [1.29, 1.82) is 0 Å². The Morgan fingerprint density at radius 1 is 1.08 bits per heavy atom. The van der Waals surface area contributed by atoms with E-state index in [2.05, 4.69) is 5.32 Å². The molecule has 0 aromatic heterocycles. The number of carbonyl (C=O) groups is 4. The third-order valence-electron chi connectivity index (χ3n) is 3.81. The lowest BCUT2D eigenvalue weighted by Gasteiger charge is -2.21. The lowest BCUT2D eigenvalue weighted by molar-refractivity contribution is -0.139. The number of carboxylic acid groups (broad SMARTS) is 1. The second-order valence-corrected chi connectivity index (χ2v) is 6.59. The summed E-state index contributed by atoms with van der Waals surface area (Å²) in [5.74, 6) is -4.88. The molecule has 8 heteroatoms. The topological polar surface area (TPSA) is 101 Å². The second kappa shape index (κ2) is 7.09. The molecule has 6 nitrogen and oxygen atoms in total. The highest BCUT2D eigenvalue weighted by Crippen LogP contribution is 2.36. The molecule has 0 fully saturated rings. The van der Waals surface area contributed by atoms with Crippen LogP contribution in [0.5, 0.6) is 0 Å². The van der Waals surface area contributed by atoms with Gasteiger partial charge in [0.2, 0.25) is 11.0 Å². The molecule has 1 unspecified atom stereocenters. The number of aliphatic carboxylic acids is 1. The number of hydrogen-bond donors (Lipinski definition) is 2. The maximum absolute atomic E-state index is 13.1. The van der Waals surface area contributed by atoms with Gasteiger partial charge in [-0.1, -0.05) is 18.2 Å².